The minimum Gasteiger partial charge on any atom is -0.350 e. The van der Waals surface area contributed by atoms with E-state index in [1.165, 1.54) is 0 Å². The highest BCUT2D eigenvalue weighted by Crippen LogP contribution is 2.39. The third-order valence-corrected chi connectivity index (χ3v) is 5.81. The van der Waals surface area contributed by atoms with E-state index in [2.05, 4.69) is 10.6 Å². The SMILES string of the molecule is O=C1NC2(CCN(C(=O)CN3C(=O)CNC3=O)CC2)C[C@H]1c1ccccc1. The maximum absolute atomic E-state index is 12.5. The molecule has 0 unspecified atom stereocenters. The first-order valence-corrected chi connectivity index (χ1v) is 9.20. The van der Waals surface area contributed by atoms with Crippen LogP contribution in [0.1, 0.15) is 30.7 Å². The van der Waals surface area contributed by atoms with E-state index in [1.54, 1.807) is 4.90 Å². The van der Waals surface area contributed by atoms with Crippen LogP contribution in [0, 0.1) is 0 Å². The summed E-state index contributed by atoms with van der Waals surface area (Å²) in [7, 11) is 0. The normalized spacial score (nSPS) is 24.3. The van der Waals surface area contributed by atoms with Crippen molar-refractivity contribution in [1.82, 2.24) is 20.4 Å². The van der Waals surface area contributed by atoms with Crippen LogP contribution in [0.5, 0.6) is 0 Å². The van der Waals surface area contributed by atoms with Crippen LogP contribution in [-0.2, 0) is 14.4 Å². The van der Waals surface area contributed by atoms with E-state index >= 15 is 0 Å². The summed E-state index contributed by atoms with van der Waals surface area (Å²) in [5, 5.41) is 5.57. The van der Waals surface area contributed by atoms with Gasteiger partial charge in [-0.25, -0.2) is 4.79 Å². The quantitative estimate of drug-likeness (QED) is 0.743. The standard InChI is InChI=1S/C19H22N4O4/c24-15-11-20-18(27)23(15)12-16(25)22-8-6-19(7-9-22)10-14(17(26)21-19)13-4-2-1-3-5-13/h1-5,14H,6-12H2,(H,20,27)(H,21,26)/t14-/m0/s1. The summed E-state index contributed by atoms with van der Waals surface area (Å²) < 4.78 is 0. The van der Waals surface area contributed by atoms with Gasteiger partial charge in [-0.3, -0.25) is 19.3 Å². The first kappa shape index (κ1) is 17.5. The zero-order valence-electron chi connectivity index (χ0n) is 14.9. The van der Waals surface area contributed by atoms with Gasteiger partial charge in [0.1, 0.15) is 6.54 Å². The molecule has 1 spiro atoms. The van der Waals surface area contributed by atoms with Gasteiger partial charge in [0.2, 0.25) is 11.8 Å². The van der Waals surface area contributed by atoms with Crippen molar-refractivity contribution in [2.24, 2.45) is 0 Å². The number of likely N-dealkylation sites (tertiary alicyclic amines) is 1. The molecule has 27 heavy (non-hydrogen) atoms. The van der Waals surface area contributed by atoms with Gasteiger partial charge in [0.05, 0.1) is 12.5 Å². The van der Waals surface area contributed by atoms with Gasteiger partial charge in [-0.05, 0) is 24.8 Å². The second-order valence-corrected chi connectivity index (χ2v) is 7.46. The monoisotopic (exact) mass is 370 g/mol. The van der Waals surface area contributed by atoms with E-state index in [0.29, 0.717) is 25.9 Å². The number of nitrogens with one attached hydrogen (secondary N) is 2. The number of hydrogen-bond donors (Lipinski definition) is 2. The lowest BCUT2D eigenvalue weighted by atomic mass is 9.82. The zero-order chi connectivity index (χ0) is 19.0. The molecule has 8 nitrogen and oxygen atoms in total. The van der Waals surface area contributed by atoms with Gasteiger partial charge in [-0.1, -0.05) is 30.3 Å². The predicted molar refractivity (Wildman–Crippen MR) is 95.6 cm³/mol. The molecule has 0 aromatic heterocycles. The van der Waals surface area contributed by atoms with Gasteiger partial charge < -0.3 is 15.5 Å². The van der Waals surface area contributed by atoms with Gasteiger partial charge in [-0.15, -0.1) is 0 Å². The number of carbonyl (C=O) groups excluding carboxylic acids is 4. The second kappa shape index (κ2) is 6.68. The van der Waals surface area contributed by atoms with E-state index < -0.39 is 6.03 Å². The highest BCUT2D eigenvalue weighted by atomic mass is 16.2. The fraction of sp³-hybridized carbons (Fsp3) is 0.474. The van der Waals surface area contributed by atoms with E-state index in [9.17, 15) is 19.2 Å². The van der Waals surface area contributed by atoms with Crippen molar-refractivity contribution < 1.29 is 19.2 Å². The van der Waals surface area contributed by atoms with Crippen LogP contribution in [0.4, 0.5) is 4.79 Å². The van der Waals surface area contributed by atoms with Crippen LogP contribution < -0.4 is 10.6 Å². The van der Waals surface area contributed by atoms with E-state index in [0.717, 1.165) is 16.9 Å². The van der Waals surface area contributed by atoms with Gasteiger partial charge >= 0.3 is 6.03 Å². The van der Waals surface area contributed by atoms with Gasteiger partial charge in [-0.2, -0.15) is 0 Å². The molecule has 3 aliphatic rings. The molecule has 3 aliphatic heterocycles. The Hall–Kier alpha value is -2.90. The van der Waals surface area contributed by atoms with Crippen LogP contribution in [0.15, 0.2) is 30.3 Å². The fourth-order valence-electron chi connectivity index (χ4n) is 4.20. The third-order valence-electron chi connectivity index (χ3n) is 5.81. The molecule has 3 heterocycles. The number of rotatable bonds is 3. The molecule has 0 saturated carbocycles. The van der Waals surface area contributed by atoms with Crippen molar-refractivity contribution in [3.8, 4) is 0 Å². The molecule has 0 radical (unpaired) electrons. The molecule has 4 rings (SSSR count). The molecule has 142 valence electrons. The highest BCUT2D eigenvalue weighted by Gasteiger charge is 2.46. The van der Waals surface area contributed by atoms with Crippen LogP contribution in [0.2, 0.25) is 0 Å². The number of imide groups is 1. The molecule has 1 aromatic rings. The van der Waals surface area contributed by atoms with Gasteiger partial charge in [0, 0.05) is 18.6 Å². The Morgan fingerprint density at radius 2 is 1.81 bits per heavy atom. The zero-order valence-corrected chi connectivity index (χ0v) is 14.9. The minimum atomic E-state index is -0.518. The molecular formula is C19H22N4O4. The maximum Gasteiger partial charge on any atom is 0.325 e. The molecule has 1 aromatic carbocycles. The van der Waals surface area contributed by atoms with Crippen molar-refractivity contribution >= 4 is 23.8 Å². The molecule has 0 bridgehead atoms. The largest absolute Gasteiger partial charge is 0.350 e. The predicted octanol–water partition coefficient (Wildman–Crippen LogP) is 0.203. The first-order chi connectivity index (χ1) is 13.0. The topological polar surface area (TPSA) is 98.8 Å². The summed E-state index contributed by atoms with van der Waals surface area (Å²) in [5.74, 6) is -0.727. The number of amides is 5. The van der Waals surface area contributed by atoms with Crippen molar-refractivity contribution in [2.75, 3.05) is 26.2 Å². The summed E-state index contributed by atoms with van der Waals surface area (Å²) >= 11 is 0. The Morgan fingerprint density at radius 3 is 2.44 bits per heavy atom. The van der Waals surface area contributed by atoms with E-state index in [4.69, 9.17) is 0 Å². The molecule has 3 fully saturated rings. The number of benzene rings is 1. The van der Waals surface area contributed by atoms with Crippen LogP contribution in [0.3, 0.4) is 0 Å². The number of urea groups is 1. The highest BCUT2D eigenvalue weighted by molar-refractivity contribution is 6.04. The average molecular weight is 370 g/mol. The first-order valence-electron chi connectivity index (χ1n) is 9.20. The molecular weight excluding hydrogens is 348 g/mol. The Labute approximate surface area is 156 Å². The summed E-state index contributed by atoms with van der Waals surface area (Å²) in [6.07, 6.45) is 2.08. The van der Waals surface area contributed by atoms with Crippen molar-refractivity contribution in [3.63, 3.8) is 0 Å². The second-order valence-electron chi connectivity index (χ2n) is 7.46. The summed E-state index contributed by atoms with van der Waals surface area (Å²) in [5.41, 5.74) is 0.735. The lowest BCUT2D eigenvalue weighted by molar-refractivity contribution is -0.137. The Bertz CT molecular complexity index is 770. The smallest absolute Gasteiger partial charge is 0.325 e. The lowest BCUT2D eigenvalue weighted by Gasteiger charge is -2.39. The molecule has 0 aliphatic carbocycles. The molecule has 3 saturated heterocycles. The number of nitrogens with zero attached hydrogens (tertiary/aromatic N) is 2. The van der Waals surface area contributed by atoms with Crippen LogP contribution >= 0.6 is 0 Å². The summed E-state index contributed by atoms with van der Waals surface area (Å²) in [6, 6.07) is 9.23. The fourth-order valence-corrected chi connectivity index (χ4v) is 4.20. The van der Waals surface area contributed by atoms with Crippen LogP contribution in [-0.4, -0.2) is 65.3 Å². The van der Waals surface area contributed by atoms with E-state index in [1.807, 2.05) is 30.3 Å². The average Bonchev–Trinajstić information content (AvgIpc) is 3.16. The summed E-state index contributed by atoms with van der Waals surface area (Å²) in [6.45, 7) is 0.730. The third kappa shape index (κ3) is 3.27. The van der Waals surface area contributed by atoms with Crippen molar-refractivity contribution in [2.45, 2.75) is 30.7 Å². The molecule has 1 atom stereocenters. The number of piperidine rings is 1. The molecule has 8 heteroatoms. The molecule has 5 amide bonds. The number of carbonyl (C=O) groups is 4. The van der Waals surface area contributed by atoms with Crippen molar-refractivity contribution in [1.29, 1.82) is 0 Å². The van der Waals surface area contributed by atoms with Gasteiger partial charge in [0.15, 0.2) is 0 Å². The van der Waals surface area contributed by atoms with Crippen molar-refractivity contribution in [3.05, 3.63) is 35.9 Å². The molecule has 2 N–H and O–H groups in total. The Kier molecular flexibility index (Phi) is 4.33. The summed E-state index contributed by atoms with van der Waals surface area (Å²) in [4.78, 5) is 50.8. The van der Waals surface area contributed by atoms with Gasteiger partial charge in [0.25, 0.3) is 5.91 Å². The minimum absolute atomic E-state index is 0.0420. The van der Waals surface area contributed by atoms with E-state index in [-0.39, 0.29) is 42.3 Å². The Balaban J connectivity index is 1.36. The number of hydrogen-bond acceptors (Lipinski definition) is 4. The maximum atomic E-state index is 12.5. The lowest BCUT2D eigenvalue weighted by Crippen LogP contribution is -2.54. The Morgan fingerprint density at radius 1 is 1.11 bits per heavy atom. The van der Waals surface area contributed by atoms with Crippen LogP contribution in [0.25, 0.3) is 0 Å².